The lowest BCUT2D eigenvalue weighted by Crippen LogP contribution is -2.50. The maximum Gasteiger partial charge on any atom is 0.326 e. The summed E-state index contributed by atoms with van der Waals surface area (Å²) in [5.74, 6) is -1.97. The molecule has 0 spiro atoms. The molecule has 8 heteroatoms. The van der Waals surface area contributed by atoms with Gasteiger partial charge in [-0.1, -0.05) is 13.0 Å². The highest BCUT2D eigenvalue weighted by atomic mass is 32.2. The van der Waals surface area contributed by atoms with E-state index in [2.05, 4.69) is 16.6 Å². The fraction of sp³-hybridized carbons (Fsp3) is 0.636. The van der Waals surface area contributed by atoms with Gasteiger partial charge >= 0.3 is 5.97 Å². The summed E-state index contributed by atoms with van der Waals surface area (Å²) in [7, 11) is -3.52. The Balaban J connectivity index is 4.56. The highest BCUT2D eigenvalue weighted by molar-refractivity contribution is 7.89. The minimum Gasteiger partial charge on any atom is -0.480 e. The van der Waals surface area contributed by atoms with Crippen molar-refractivity contribution >= 4 is 21.9 Å². The smallest absolute Gasteiger partial charge is 0.326 e. The Morgan fingerprint density at radius 1 is 1.42 bits per heavy atom. The maximum atomic E-state index is 11.7. The molecule has 0 saturated heterocycles. The summed E-state index contributed by atoms with van der Waals surface area (Å²) in [6.45, 7) is 6.45. The van der Waals surface area contributed by atoms with Crippen molar-refractivity contribution < 1.29 is 23.1 Å². The van der Waals surface area contributed by atoms with Gasteiger partial charge in [0.1, 0.15) is 6.04 Å². The standard InChI is InChI=1S/C11H20N2O5S/c1-4-6-9(11(15)16)12-10(14)8(3)13-19(17,18)7-5-2/h4,8-9,13H,1,5-7H2,2-3H3,(H,12,14)(H,15,16). The van der Waals surface area contributed by atoms with Crippen LogP contribution in [0.15, 0.2) is 12.7 Å². The van der Waals surface area contributed by atoms with Gasteiger partial charge in [-0.25, -0.2) is 17.9 Å². The Morgan fingerprint density at radius 2 is 2.00 bits per heavy atom. The molecule has 0 aromatic heterocycles. The van der Waals surface area contributed by atoms with Gasteiger partial charge in [-0.3, -0.25) is 4.79 Å². The van der Waals surface area contributed by atoms with Crippen molar-refractivity contribution in [1.29, 1.82) is 0 Å². The highest BCUT2D eigenvalue weighted by Gasteiger charge is 2.24. The molecule has 7 nitrogen and oxygen atoms in total. The van der Waals surface area contributed by atoms with E-state index in [-0.39, 0.29) is 12.2 Å². The number of carboxylic acid groups (broad SMARTS) is 1. The van der Waals surface area contributed by atoms with Crippen molar-refractivity contribution in [2.75, 3.05) is 5.75 Å². The van der Waals surface area contributed by atoms with E-state index in [0.717, 1.165) is 0 Å². The van der Waals surface area contributed by atoms with Crippen LogP contribution < -0.4 is 10.0 Å². The number of nitrogens with one attached hydrogen (secondary N) is 2. The number of hydrogen-bond donors (Lipinski definition) is 3. The van der Waals surface area contributed by atoms with Gasteiger partial charge in [0.2, 0.25) is 15.9 Å². The number of carboxylic acids is 1. The average molecular weight is 292 g/mol. The van der Waals surface area contributed by atoms with Gasteiger partial charge < -0.3 is 10.4 Å². The average Bonchev–Trinajstić information content (AvgIpc) is 2.27. The number of aliphatic carboxylic acids is 1. The summed E-state index contributed by atoms with van der Waals surface area (Å²) in [6.07, 6.45) is 1.86. The van der Waals surface area contributed by atoms with Crippen LogP contribution in [0.3, 0.4) is 0 Å². The van der Waals surface area contributed by atoms with Gasteiger partial charge in [0.05, 0.1) is 11.8 Å². The van der Waals surface area contributed by atoms with Gasteiger partial charge in [-0.2, -0.15) is 0 Å². The zero-order valence-corrected chi connectivity index (χ0v) is 11.9. The van der Waals surface area contributed by atoms with Crippen LogP contribution in [0.25, 0.3) is 0 Å². The third-order valence-corrected chi connectivity index (χ3v) is 3.90. The fourth-order valence-corrected chi connectivity index (χ4v) is 2.64. The molecule has 0 aliphatic carbocycles. The minimum absolute atomic E-state index is 0.0650. The van der Waals surface area contributed by atoms with Crippen molar-refractivity contribution in [3.63, 3.8) is 0 Å². The second-order valence-corrected chi connectivity index (χ2v) is 5.96. The molecule has 3 N–H and O–H groups in total. The molecule has 0 aliphatic rings. The summed E-state index contributed by atoms with van der Waals surface area (Å²) in [4.78, 5) is 22.5. The molecule has 0 saturated carbocycles. The van der Waals surface area contributed by atoms with Crippen LogP contribution in [0, 0.1) is 0 Å². The lowest BCUT2D eigenvalue weighted by Gasteiger charge is -2.17. The van der Waals surface area contributed by atoms with Crippen LogP contribution in [-0.4, -0.2) is 43.2 Å². The molecule has 1 amide bonds. The molecular formula is C11H20N2O5S. The first-order chi connectivity index (χ1) is 8.73. The van der Waals surface area contributed by atoms with Gasteiger partial charge in [0.25, 0.3) is 0 Å². The van der Waals surface area contributed by atoms with Crippen molar-refractivity contribution in [1.82, 2.24) is 10.0 Å². The first-order valence-electron chi connectivity index (χ1n) is 5.87. The fourth-order valence-electron chi connectivity index (χ4n) is 1.34. The Labute approximate surface area is 113 Å². The first-order valence-corrected chi connectivity index (χ1v) is 7.52. The third kappa shape index (κ3) is 6.92. The Hall–Kier alpha value is -1.41. The number of amides is 1. The van der Waals surface area contributed by atoms with E-state index in [1.807, 2.05) is 0 Å². The normalized spacial score (nSPS) is 14.4. The molecule has 0 radical (unpaired) electrons. The zero-order valence-electron chi connectivity index (χ0n) is 11.0. The van der Waals surface area contributed by atoms with Gasteiger partial charge in [-0.05, 0) is 19.8 Å². The molecule has 0 bridgehead atoms. The van der Waals surface area contributed by atoms with Crippen LogP contribution >= 0.6 is 0 Å². The van der Waals surface area contributed by atoms with E-state index in [1.54, 1.807) is 6.92 Å². The molecule has 110 valence electrons. The van der Waals surface area contributed by atoms with Gasteiger partial charge in [-0.15, -0.1) is 6.58 Å². The molecule has 0 heterocycles. The first kappa shape index (κ1) is 17.6. The Bertz CT molecular complexity index is 432. The number of rotatable bonds is 9. The Kier molecular flexibility index (Phi) is 7.32. The third-order valence-electron chi connectivity index (χ3n) is 2.24. The van der Waals surface area contributed by atoms with Crippen LogP contribution in [-0.2, 0) is 19.6 Å². The number of hydrogen-bond acceptors (Lipinski definition) is 4. The van der Waals surface area contributed by atoms with Crippen molar-refractivity contribution in [3.8, 4) is 0 Å². The van der Waals surface area contributed by atoms with Crippen molar-refractivity contribution in [2.24, 2.45) is 0 Å². The minimum atomic E-state index is -3.52. The van der Waals surface area contributed by atoms with Crippen LogP contribution in [0.5, 0.6) is 0 Å². The van der Waals surface area contributed by atoms with E-state index in [9.17, 15) is 18.0 Å². The zero-order chi connectivity index (χ0) is 15.1. The molecular weight excluding hydrogens is 272 g/mol. The largest absolute Gasteiger partial charge is 0.480 e. The molecule has 0 aliphatic heterocycles. The maximum absolute atomic E-state index is 11.7. The number of carbonyl (C=O) groups is 2. The molecule has 0 fully saturated rings. The van der Waals surface area contributed by atoms with E-state index >= 15 is 0 Å². The predicted octanol–water partition coefficient (Wildman–Crippen LogP) is -0.150. The lowest BCUT2D eigenvalue weighted by atomic mass is 10.2. The molecule has 0 aromatic rings. The van der Waals surface area contributed by atoms with E-state index < -0.39 is 34.0 Å². The molecule has 0 aromatic carbocycles. The molecule has 19 heavy (non-hydrogen) atoms. The van der Waals surface area contributed by atoms with Crippen LogP contribution in [0.4, 0.5) is 0 Å². The lowest BCUT2D eigenvalue weighted by molar-refractivity contribution is -0.141. The van der Waals surface area contributed by atoms with Gasteiger partial charge in [0.15, 0.2) is 0 Å². The summed E-state index contributed by atoms with van der Waals surface area (Å²) in [5, 5.41) is 11.1. The SMILES string of the molecule is C=CCC(NC(=O)C(C)NS(=O)(=O)CCC)C(=O)O. The number of sulfonamides is 1. The van der Waals surface area contributed by atoms with E-state index in [4.69, 9.17) is 5.11 Å². The summed E-state index contributed by atoms with van der Waals surface area (Å²) in [5.41, 5.74) is 0. The van der Waals surface area contributed by atoms with Crippen molar-refractivity contribution in [3.05, 3.63) is 12.7 Å². The quantitative estimate of drug-likeness (QED) is 0.512. The predicted molar refractivity (Wildman–Crippen MR) is 71.1 cm³/mol. The Morgan fingerprint density at radius 3 is 2.42 bits per heavy atom. The summed E-state index contributed by atoms with van der Waals surface area (Å²) in [6, 6.07) is -2.13. The topological polar surface area (TPSA) is 113 Å². The van der Waals surface area contributed by atoms with Gasteiger partial charge in [0, 0.05) is 0 Å². The molecule has 2 atom stereocenters. The van der Waals surface area contributed by atoms with Crippen LogP contribution in [0.2, 0.25) is 0 Å². The number of carbonyl (C=O) groups excluding carboxylic acids is 1. The summed E-state index contributed by atoms with van der Waals surface area (Å²) < 4.78 is 25.1. The molecule has 2 unspecified atom stereocenters. The van der Waals surface area contributed by atoms with E-state index in [1.165, 1.54) is 13.0 Å². The van der Waals surface area contributed by atoms with E-state index in [0.29, 0.717) is 6.42 Å². The summed E-state index contributed by atoms with van der Waals surface area (Å²) >= 11 is 0. The monoisotopic (exact) mass is 292 g/mol. The second kappa shape index (κ2) is 7.90. The van der Waals surface area contributed by atoms with Crippen LogP contribution in [0.1, 0.15) is 26.7 Å². The van der Waals surface area contributed by atoms with Crippen molar-refractivity contribution in [2.45, 2.75) is 38.8 Å². The molecule has 0 rings (SSSR count). The second-order valence-electron chi connectivity index (χ2n) is 4.08. The highest BCUT2D eigenvalue weighted by Crippen LogP contribution is 1.97.